The molecule has 1 aliphatic rings. The summed E-state index contributed by atoms with van der Waals surface area (Å²) >= 11 is 3.33. The van der Waals surface area contributed by atoms with E-state index in [1.54, 1.807) is 12.1 Å². The maximum Gasteiger partial charge on any atom is 0.313 e. The van der Waals surface area contributed by atoms with Crippen LogP contribution in [0.25, 0.3) is 0 Å². The molecule has 18 heavy (non-hydrogen) atoms. The van der Waals surface area contributed by atoms with Gasteiger partial charge in [0, 0.05) is 4.47 Å². The Morgan fingerprint density at radius 3 is 2.22 bits per heavy atom. The second kappa shape index (κ2) is 5.41. The summed E-state index contributed by atoms with van der Waals surface area (Å²) in [6, 6.07) is 7.18. The summed E-state index contributed by atoms with van der Waals surface area (Å²) in [7, 11) is 0. The second-order valence-corrected chi connectivity index (χ2v) is 5.90. The van der Waals surface area contributed by atoms with E-state index in [-0.39, 0.29) is 0 Å². The molecule has 4 heteroatoms. The van der Waals surface area contributed by atoms with Gasteiger partial charge in [-0.05, 0) is 30.5 Å². The van der Waals surface area contributed by atoms with Crippen molar-refractivity contribution >= 4 is 21.9 Å². The van der Waals surface area contributed by atoms with Gasteiger partial charge >= 0.3 is 5.97 Å². The van der Waals surface area contributed by atoms with Gasteiger partial charge in [-0.2, -0.15) is 0 Å². The lowest BCUT2D eigenvalue weighted by Crippen LogP contribution is -2.42. The van der Waals surface area contributed by atoms with Crippen LogP contribution in [0, 0.1) is 0 Å². The van der Waals surface area contributed by atoms with Crippen LogP contribution in [0.3, 0.4) is 0 Å². The van der Waals surface area contributed by atoms with E-state index in [4.69, 9.17) is 0 Å². The van der Waals surface area contributed by atoms with E-state index in [0.717, 1.165) is 23.7 Å². The predicted octanol–water partition coefficient (Wildman–Crippen LogP) is 3.31. The molecule has 1 aliphatic carbocycles. The van der Waals surface area contributed by atoms with Crippen molar-refractivity contribution in [1.82, 2.24) is 0 Å². The minimum atomic E-state index is -1.10. The van der Waals surface area contributed by atoms with Crippen molar-refractivity contribution in [2.24, 2.45) is 0 Å². The highest BCUT2D eigenvalue weighted by molar-refractivity contribution is 9.10. The van der Waals surface area contributed by atoms with Crippen LogP contribution in [0.5, 0.6) is 0 Å². The SMILES string of the molecule is O=C(O)[C@H](c1ccc(Br)cc1)C1(O)CCCCC1. The number of aliphatic carboxylic acids is 1. The molecule has 1 atom stereocenters. The van der Waals surface area contributed by atoms with E-state index in [1.165, 1.54) is 0 Å². The first-order chi connectivity index (χ1) is 8.53. The number of carboxylic acid groups (broad SMARTS) is 1. The second-order valence-electron chi connectivity index (χ2n) is 4.99. The van der Waals surface area contributed by atoms with Crippen LogP contribution in [0.15, 0.2) is 28.7 Å². The smallest absolute Gasteiger partial charge is 0.313 e. The minimum absolute atomic E-state index is 0.569. The van der Waals surface area contributed by atoms with E-state index in [2.05, 4.69) is 15.9 Å². The van der Waals surface area contributed by atoms with Gasteiger partial charge in [-0.15, -0.1) is 0 Å². The van der Waals surface area contributed by atoms with E-state index in [9.17, 15) is 15.0 Å². The zero-order valence-electron chi connectivity index (χ0n) is 10.1. The maximum atomic E-state index is 11.5. The molecule has 0 aliphatic heterocycles. The molecular weight excluding hydrogens is 296 g/mol. The minimum Gasteiger partial charge on any atom is -0.481 e. The van der Waals surface area contributed by atoms with Crippen molar-refractivity contribution in [3.63, 3.8) is 0 Å². The van der Waals surface area contributed by atoms with Crippen LogP contribution in [-0.4, -0.2) is 21.8 Å². The Morgan fingerprint density at radius 1 is 1.17 bits per heavy atom. The average molecular weight is 313 g/mol. The van der Waals surface area contributed by atoms with Gasteiger partial charge in [0.1, 0.15) is 5.92 Å². The lowest BCUT2D eigenvalue weighted by atomic mass is 9.73. The maximum absolute atomic E-state index is 11.5. The van der Waals surface area contributed by atoms with E-state index in [0.29, 0.717) is 18.4 Å². The molecule has 0 unspecified atom stereocenters. The molecule has 0 radical (unpaired) electrons. The summed E-state index contributed by atoms with van der Waals surface area (Å²) in [4.78, 5) is 11.5. The monoisotopic (exact) mass is 312 g/mol. The quantitative estimate of drug-likeness (QED) is 0.900. The molecule has 0 amide bonds. The Morgan fingerprint density at radius 2 is 1.72 bits per heavy atom. The number of hydrogen-bond donors (Lipinski definition) is 2. The number of halogens is 1. The molecule has 1 saturated carbocycles. The van der Waals surface area contributed by atoms with Gasteiger partial charge in [0.2, 0.25) is 0 Å². The van der Waals surface area contributed by atoms with Crippen LogP contribution in [0.1, 0.15) is 43.6 Å². The van der Waals surface area contributed by atoms with Gasteiger partial charge in [-0.3, -0.25) is 4.79 Å². The summed E-state index contributed by atoms with van der Waals surface area (Å²) in [6.45, 7) is 0. The van der Waals surface area contributed by atoms with E-state index >= 15 is 0 Å². The molecule has 2 rings (SSSR count). The summed E-state index contributed by atoms with van der Waals surface area (Å²) in [6.07, 6.45) is 4.02. The first-order valence-corrected chi connectivity index (χ1v) is 7.03. The van der Waals surface area contributed by atoms with Crippen molar-refractivity contribution in [2.75, 3.05) is 0 Å². The molecule has 1 aromatic rings. The van der Waals surface area contributed by atoms with Crippen molar-refractivity contribution in [2.45, 2.75) is 43.6 Å². The average Bonchev–Trinajstić information content (AvgIpc) is 2.32. The summed E-state index contributed by atoms with van der Waals surface area (Å²) in [5.41, 5.74) is -0.423. The molecular formula is C14H17BrO3. The number of benzene rings is 1. The number of rotatable bonds is 3. The molecule has 0 aromatic heterocycles. The lowest BCUT2D eigenvalue weighted by molar-refractivity contribution is -0.147. The Labute approximate surface area is 115 Å². The number of hydrogen-bond acceptors (Lipinski definition) is 2. The van der Waals surface area contributed by atoms with Crippen molar-refractivity contribution in [3.8, 4) is 0 Å². The van der Waals surface area contributed by atoms with Crippen LogP contribution >= 0.6 is 15.9 Å². The summed E-state index contributed by atoms with van der Waals surface area (Å²) in [5.74, 6) is -1.77. The molecule has 2 N–H and O–H groups in total. The standard InChI is InChI=1S/C14H17BrO3/c15-11-6-4-10(5-7-11)12(13(16)17)14(18)8-2-1-3-9-14/h4-7,12,18H,1-3,8-9H2,(H,16,17)/t12-/m0/s1. The highest BCUT2D eigenvalue weighted by atomic mass is 79.9. The fourth-order valence-electron chi connectivity index (χ4n) is 2.79. The lowest BCUT2D eigenvalue weighted by Gasteiger charge is -2.37. The molecule has 1 aromatic carbocycles. The van der Waals surface area contributed by atoms with Crippen molar-refractivity contribution < 1.29 is 15.0 Å². The van der Waals surface area contributed by atoms with Gasteiger partial charge < -0.3 is 10.2 Å². The Kier molecular flexibility index (Phi) is 4.07. The predicted molar refractivity (Wildman–Crippen MR) is 72.6 cm³/mol. The summed E-state index contributed by atoms with van der Waals surface area (Å²) in [5, 5.41) is 20.1. The fraction of sp³-hybridized carbons (Fsp3) is 0.500. The number of carboxylic acids is 1. The van der Waals surface area contributed by atoms with E-state index < -0.39 is 17.5 Å². The molecule has 98 valence electrons. The van der Waals surface area contributed by atoms with Gasteiger partial charge in [0.15, 0.2) is 0 Å². The molecule has 0 bridgehead atoms. The topological polar surface area (TPSA) is 57.5 Å². The van der Waals surface area contributed by atoms with E-state index in [1.807, 2.05) is 12.1 Å². The molecule has 1 fully saturated rings. The zero-order chi connectivity index (χ0) is 13.2. The third-order valence-corrected chi connectivity index (χ3v) is 4.24. The molecule has 0 heterocycles. The Balaban J connectivity index is 2.33. The van der Waals surface area contributed by atoms with Crippen LogP contribution < -0.4 is 0 Å². The first kappa shape index (κ1) is 13.6. The number of carbonyl (C=O) groups is 1. The van der Waals surface area contributed by atoms with Crippen LogP contribution in [0.4, 0.5) is 0 Å². The van der Waals surface area contributed by atoms with Crippen molar-refractivity contribution in [1.29, 1.82) is 0 Å². The van der Waals surface area contributed by atoms with Crippen LogP contribution in [-0.2, 0) is 4.79 Å². The first-order valence-electron chi connectivity index (χ1n) is 6.23. The summed E-state index contributed by atoms with van der Waals surface area (Å²) < 4.78 is 0.908. The third-order valence-electron chi connectivity index (χ3n) is 3.71. The van der Waals surface area contributed by atoms with Gasteiger partial charge in [0.25, 0.3) is 0 Å². The van der Waals surface area contributed by atoms with Crippen molar-refractivity contribution in [3.05, 3.63) is 34.3 Å². The van der Waals surface area contributed by atoms with Gasteiger partial charge in [-0.25, -0.2) is 0 Å². The number of aliphatic hydroxyl groups is 1. The molecule has 0 spiro atoms. The zero-order valence-corrected chi connectivity index (χ0v) is 11.7. The highest BCUT2D eigenvalue weighted by Gasteiger charge is 2.43. The van der Waals surface area contributed by atoms with Gasteiger partial charge in [-0.1, -0.05) is 47.3 Å². The van der Waals surface area contributed by atoms with Gasteiger partial charge in [0.05, 0.1) is 5.60 Å². The normalized spacial score (nSPS) is 20.3. The highest BCUT2D eigenvalue weighted by Crippen LogP contribution is 2.40. The molecule has 3 nitrogen and oxygen atoms in total. The van der Waals surface area contributed by atoms with Crippen LogP contribution in [0.2, 0.25) is 0 Å². The Hall–Kier alpha value is -0.870. The Bertz CT molecular complexity index is 421. The third kappa shape index (κ3) is 2.75. The fourth-order valence-corrected chi connectivity index (χ4v) is 3.05. The largest absolute Gasteiger partial charge is 0.481 e. The molecule has 0 saturated heterocycles.